The molecule has 1 aliphatic rings. The van der Waals surface area contributed by atoms with Crippen LogP contribution in [0.2, 0.25) is 0 Å². The van der Waals surface area contributed by atoms with Crippen LogP contribution in [0, 0.1) is 5.41 Å². The average Bonchev–Trinajstić information content (AvgIpc) is 2.94. The minimum Gasteiger partial charge on any atom is -0.496 e. The largest absolute Gasteiger partial charge is 0.496 e. The number of sulfonamides is 1. The summed E-state index contributed by atoms with van der Waals surface area (Å²) in [6, 6.07) is 19.8. The van der Waals surface area contributed by atoms with Crippen molar-refractivity contribution >= 4 is 21.8 Å². The van der Waals surface area contributed by atoms with Gasteiger partial charge in [0.25, 0.3) is 0 Å². The molecular weight excluding hydrogens is 554 g/mol. The summed E-state index contributed by atoms with van der Waals surface area (Å²) in [6.45, 7) is 6.83. The van der Waals surface area contributed by atoms with E-state index in [9.17, 15) is 18.3 Å². The molecule has 42 heavy (non-hydrogen) atoms. The number of nitrogens with one attached hydrogen (secondary N) is 1. The lowest BCUT2D eigenvalue weighted by Crippen LogP contribution is -2.60. The maximum absolute atomic E-state index is 13.4. The van der Waals surface area contributed by atoms with E-state index in [4.69, 9.17) is 14.5 Å². The van der Waals surface area contributed by atoms with Crippen LogP contribution in [0.5, 0.6) is 11.5 Å². The summed E-state index contributed by atoms with van der Waals surface area (Å²) in [5, 5.41) is 13.3. The number of amidine groups is 1. The second-order valence-corrected chi connectivity index (χ2v) is 13.4. The fourth-order valence-corrected chi connectivity index (χ4v) is 6.44. The molecule has 3 aromatic carbocycles. The quantitative estimate of drug-likeness (QED) is 0.241. The lowest BCUT2D eigenvalue weighted by molar-refractivity contribution is -0.139. The number of hydrogen-bond donors (Lipinski definition) is 2. The van der Waals surface area contributed by atoms with Gasteiger partial charge < -0.3 is 19.9 Å². The predicted octanol–water partition coefficient (Wildman–Crippen LogP) is 4.86. The van der Waals surface area contributed by atoms with Crippen molar-refractivity contribution in [2.75, 3.05) is 27.3 Å². The van der Waals surface area contributed by atoms with E-state index in [2.05, 4.69) is 5.32 Å². The van der Waals surface area contributed by atoms with E-state index in [1.807, 2.05) is 63.2 Å². The van der Waals surface area contributed by atoms with Crippen molar-refractivity contribution in [1.29, 1.82) is 0 Å². The van der Waals surface area contributed by atoms with Crippen LogP contribution in [0.3, 0.4) is 0 Å². The number of aliphatic imine (C=N–C) groups is 1. The van der Waals surface area contributed by atoms with Crippen molar-refractivity contribution in [2.24, 2.45) is 10.4 Å². The van der Waals surface area contributed by atoms with Crippen LogP contribution in [0.25, 0.3) is 11.1 Å². The molecule has 0 amide bonds. The Labute approximate surface area is 248 Å². The molecule has 10 heteroatoms. The molecule has 0 unspecified atom stereocenters. The van der Waals surface area contributed by atoms with E-state index in [1.165, 1.54) is 4.31 Å². The summed E-state index contributed by atoms with van der Waals surface area (Å²) < 4.78 is 39.2. The Morgan fingerprint density at radius 2 is 1.62 bits per heavy atom. The molecule has 0 aromatic heterocycles. The van der Waals surface area contributed by atoms with E-state index in [0.29, 0.717) is 36.8 Å². The molecule has 2 N–H and O–H groups in total. The van der Waals surface area contributed by atoms with Gasteiger partial charge in [0.05, 0.1) is 30.7 Å². The first-order valence-corrected chi connectivity index (χ1v) is 15.3. The number of carbonyl (C=O) groups is 1. The summed E-state index contributed by atoms with van der Waals surface area (Å²) in [6.07, 6.45) is 0.717. The molecule has 9 nitrogen and oxygen atoms in total. The maximum atomic E-state index is 13.4. The molecule has 4 rings (SSSR count). The molecule has 0 bridgehead atoms. The zero-order valence-electron chi connectivity index (χ0n) is 24.7. The molecule has 0 aliphatic carbocycles. The van der Waals surface area contributed by atoms with Crippen molar-refractivity contribution in [3.05, 3.63) is 78.4 Å². The molecule has 1 aliphatic heterocycles. The molecule has 3 aromatic rings. The van der Waals surface area contributed by atoms with Crippen molar-refractivity contribution in [3.8, 4) is 22.6 Å². The Hall–Kier alpha value is -3.89. The minimum absolute atomic E-state index is 0.172. The average molecular weight is 594 g/mol. The van der Waals surface area contributed by atoms with Gasteiger partial charge in [0.1, 0.15) is 23.4 Å². The normalized spacial score (nSPS) is 16.8. The van der Waals surface area contributed by atoms with Crippen LogP contribution >= 0.6 is 0 Å². The first-order valence-electron chi connectivity index (χ1n) is 13.9. The number of carboxylic acids is 1. The maximum Gasteiger partial charge on any atom is 0.326 e. The Bertz CT molecular complexity index is 1490. The molecule has 1 fully saturated rings. The number of methoxy groups -OCH3 is 2. The zero-order chi connectivity index (χ0) is 30.5. The van der Waals surface area contributed by atoms with Gasteiger partial charge in [-0.2, -0.15) is 4.31 Å². The molecule has 224 valence electrons. The van der Waals surface area contributed by atoms with Crippen LogP contribution < -0.4 is 14.8 Å². The Morgan fingerprint density at radius 1 is 1.00 bits per heavy atom. The van der Waals surface area contributed by atoms with E-state index in [0.717, 1.165) is 16.7 Å². The van der Waals surface area contributed by atoms with E-state index in [-0.39, 0.29) is 16.7 Å². The fraction of sp³-hybridized carbons (Fsp3) is 0.375. The SMILES string of the molecule is COc1cccc(OC)c1-c1ccc(C[C@H](NC(=NCC(C)(C)C)[C@@H]2CCN2S(=O)(=O)c2ccccc2)C(=O)O)cc1. The van der Waals surface area contributed by atoms with Crippen molar-refractivity contribution in [2.45, 2.75) is 50.6 Å². The highest BCUT2D eigenvalue weighted by Gasteiger charge is 2.42. The summed E-state index contributed by atoms with van der Waals surface area (Å²) >= 11 is 0. The molecule has 0 radical (unpaired) electrons. The monoisotopic (exact) mass is 593 g/mol. The highest BCUT2D eigenvalue weighted by molar-refractivity contribution is 7.89. The first kappa shape index (κ1) is 31.1. The topological polar surface area (TPSA) is 118 Å². The van der Waals surface area contributed by atoms with Gasteiger partial charge in [-0.3, -0.25) is 4.99 Å². The number of benzene rings is 3. The third-order valence-electron chi connectivity index (χ3n) is 7.09. The van der Waals surface area contributed by atoms with Gasteiger partial charge in [0.2, 0.25) is 10.0 Å². The lowest BCUT2D eigenvalue weighted by Gasteiger charge is -2.41. The molecular formula is C32H39N3O6S. The number of hydrogen-bond acceptors (Lipinski definition) is 6. The van der Waals surface area contributed by atoms with Crippen LogP contribution in [-0.2, 0) is 21.2 Å². The number of aliphatic carboxylic acids is 1. The number of rotatable bonds is 11. The Morgan fingerprint density at radius 3 is 2.12 bits per heavy atom. The number of carboxylic acid groups (broad SMARTS) is 1. The summed E-state index contributed by atoms with van der Waals surface area (Å²) in [5.41, 5.74) is 2.30. The molecule has 1 heterocycles. The fourth-order valence-electron chi connectivity index (χ4n) is 4.78. The second-order valence-electron chi connectivity index (χ2n) is 11.5. The third kappa shape index (κ3) is 7.11. The summed E-state index contributed by atoms with van der Waals surface area (Å²) in [4.78, 5) is 17.4. The lowest BCUT2D eigenvalue weighted by atomic mass is 9.96. The molecule has 2 atom stereocenters. The highest BCUT2D eigenvalue weighted by atomic mass is 32.2. The van der Waals surface area contributed by atoms with E-state index in [1.54, 1.807) is 44.6 Å². The molecule has 0 saturated carbocycles. The Balaban J connectivity index is 1.58. The van der Waals surface area contributed by atoms with Crippen molar-refractivity contribution in [3.63, 3.8) is 0 Å². The van der Waals surface area contributed by atoms with Gasteiger partial charge in [-0.05, 0) is 47.2 Å². The Kier molecular flexibility index (Phi) is 9.58. The zero-order valence-corrected chi connectivity index (χ0v) is 25.5. The van der Waals surface area contributed by atoms with Crippen LogP contribution in [0.1, 0.15) is 32.8 Å². The minimum atomic E-state index is -3.76. The second kappa shape index (κ2) is 13.0. The van der Waals surface area contributed by atoms with Gasteiger partial charge in [-0.25, -0.2) is 13.2 Å². The summed E-state index contributed by atoms with van der Waals surface area (Å²) in [5.74, 6) is 0.661. The van der Waals surface area contributed by atoms with Crippen LogP contribution in [0.15, 0.2) is 82.7 Å². The van der Waals surface area contributed by atoms with E-state index >= 15 is 0 Å². The smallest absolute Gasteiger partial charge is 0.326 e. The van der Waals surface area contributed by atoms with Gasteiger partial charge in [-0.15, -0.1) is 0 Å². The predicted molar refractivity (Wildman–Crippen MR) is 164 cm³/mol. The molecule has 1 saturated heterocycles. The third-order valence-corrected chi connectivity index (χ3v) is 9.01. The van der Waals surface area contributed by atoms with Crippen LogP contribution in [-0.4, -0.2) is 69.0 Å². The van der Waals surface area contributed by atoms with Gasteiger partial charge in [0, 0.05) is 19.5 Å². The van der Waals surface area contributed by atoms with E-state index < -0.39 is 28.1 Å². The van der Waals surface area contributed by atoms with Gasteiger partial charge >= 0.3 is 5.97 Å². The summed E-state index contributed by atoms with van der Waals surface area (Å²) in [7, 11) is -0.563. The number of nitrogens with zero attached hydrogens (tertiary/aromatic N) is 2. The first-order chi connectivity index (χ1) is 19.9. The van der Waals surface area contributed by atoms with Crippen LogP contribution in [0.4, 0.5) is 0 Å². The molecule has 0 spiro atoms. The van der Waals surface area contributed by atoms with Gasteiger partial charge in [0.15, 0.2) is 0 Å². The number of ether oxygens (including phenoxy) is 2. The standard InChI is InChI=1S/C32H39N3O6S/c1-32(2,3)21-33-30(26-18-19-35(26)42(38,39)24-10-7-6-8-11-24)34-25(31(36)37)20-22-14-16-23(17-15-22)29-27(40-4)12-9-13-28(29)41-5/h6-17,25-26H,18-21H2,1-5H3,(H,33,34)(H,36,37)/t25-,26-/m0/s1. The van der Waals surface area contributed by atoms with Crippen molar-refractivity contribution < 1.29 is 27.8 Å². The van der Waals surface area contributed by atoms with Crippen molar-refractivity contribution in [1.82, 2.24) is 9.62 Å². The highest BCUT2D eigenvalue weighted by Crippen LogP contribution is 2.38. The van der Waals surface area contributed by atoms with Gasteiger partial charge in [-0.1, -0.05) is 69.3 Å².